The van der Waals surface area contributed by atoms with Crippen LogP contribution in [0.5, 0.6) is 0 Å². The zero-order chi connectivity index (χ0) is 20.3. The third-order valence-corrected chi connectivity index (χ3v) is 3.33. The van der Waals surface area contributed by atoms with Gasteiger partial charge in [0.15, 0.2) is 6.61 Å². The Morgan fingerprint density at radius 1 is 1.19 bits per heavy atom. The molecule has 0 bridgehead atoms. The molecule has 0 rings (SSSR count). The third kappa shape index (κ3) is 9.06. The van der Waals surface area contributed by atoms with Crippen molar-refractivity contribution in [1.29, 1.82) is 0 Å². The first-order chi connectivity index (χ1) is 12.0. The van der Waals surface area contributed by atoms with Crippen molar-refractivity contribution in [2.75, 3.05) is 40.5 Å². The van der Waals surface area contributed by atoms with Crippen LogP contribution in [0, 0.1) is 0 Å². The summed E-state index contributed by atoms with van der Waals surface area (Å²) in [5.41, 5.74) is 0. The van der Waals surface area contributed by atoms with Crippen LogP contribution in [0.1, 0.15) is 19.8 Å². The van der Waals surface area contributed by atoms with E-state index in [-0.39, 0.29) is 25.3 Å². The molecule has 0 aromatic carbocycles. The molecule has 26 heavy (non-hydrogen) atoms. The van der Waals surface area contributed by atoms with Crippen molar-refractivity contribution in [3.8, 4) is 0 Å². The minimum Gasteiger partial charge on any atom is -0.452 e. The van der Waals surface area contributed by atoms with Gasteiger partial charge in [-0.3, -0.25) is 9.59 Å². The van der Waals surface area contributed by atoms with E-state index in [0.717, 1.165) is 0 Å². The van der Waals surface area contributed by atoms with E-state index in [1.807, 2.05) is 0 Å². The minimum absolute atomic E-state index is 0.130. The third-order valence-electron chi connectivity index (χ3n) is 3.33. The molecule has 11 heteroatoms. The highest BCUT2D eigenvalue weighted by atomic mass is 16.7. The Balaban J connectivity index is 4.86. The molecule has 0 fully saturated rings. The fraction of sp³-hybridized carbons (Fsp3) is 0.800. The van der Waals surface area contributed by atoms with Gasteiger partial charge in [-0.25, -0.2) is 4.79 Å². The molecule has 152 valence electrons. The van der Waals surface area contributed by atoms with Crippen LogP contribution in [0.15, 0.2) is 0 Å². The fourth-order valence-corrected chi connectivity index (χ4v) is 1.65. The Hall–Kier alpha value is -1.79. The second kappa shape index (κ2) is 11.8. The number of ether oxygens (including phenoxy) is 2. The van der Waals surface area contributed by atoms with Gasteiger partial charge >= 0.3 is 5.97 Å². The van der Waals surface area contributed by atoms with E-state index >= 15 is 0 Å². The van der Waals surface area contributed by atoms with Crippen LogP contribution >= 0.6 is 0 Å². The predicted octanol–water partition coefficient (Wildman–Crippen LogP) is -3.05. The number of carbonyl (C=O) groups excluding carboxylic acids is 3. The number of likely N-dealkylation sites (N-methyl/N-ethyl adjacent to an activating group) is 1. The van der Waals surface area contributed by atoms with Gasteiger partial charge in [0.25, 0.3) is 11.7 Å². The molecule has 0 spiro atoms. The molecule has 0 saturated heterocycles. The Morgan fingerprint density at radius 3 is 2.31 bits per heavy atom. The quantitative estimate of drug-likeness (QED) is 0.134. The second-order valence-electron chi connectivity index (χ2n) is 5.86. The number of esters is 1. The number of aliphatic hydroxyl groups excluding tert-OH is 3. The predicted molar refractivity (Wildman–Crippen MR) is 87.6 cm³/mol. The lowest BCUT2D eigenvalue weighted by Crippen LogP contribution is -2.47. The van der Waals surface area contributed by atoms with Gasteiger partial charge in [-0.05, 0) is 6.42 Å². The van der Waals surface area contributed by atoms with Crippen LogP contribution in [-0.4, -0.2) is 102 Å². The summed E-state index contributed by atoms with van der Waals surface area (Å²) >= 11 is 0. The summed E-state index contributed by atoms with van der Waals surface area (Å²) in [5, 5.41) is 40.5. The zero-order valence-electron chi connectivity index (χ0n) is 15.2. The molecule has 0 radical (unpaired) electrons. The van der Waals surface area contributed by atoms with Crippen LogP contribution in [0.2, 0.25) is 0 Å². The van der Waals surface area contributed by atoms with Gasteiger partial charge in [-0.2, -0.15) is 0 Å². The summed E-state index contributed by atoms with van der Waals surface area (Å²) in [7, 11) is 2.91. The van der Waals surface area contributed by atoms with Crippen LogP contribution in [0.4, 0.5) is 0 Å². The van der Waals surface area contributed by atoms with Gasteiger partial charge in [0.2, 0.25) is 5.91 Å². The maximum absolute atomic E-state index is 12.1. The van der Waals surface area contributed by atoms with E-state index < -0.39 is 49.7 Å². The summed E-state index contributed by atoms with van der Waals surface area (Å²) in [6.45, 7) is -0.587. The van der Waals surface area contributed by atoms with Crippen LogP contribution < -0.4 is 5.32 Å². The fourth-order valence-electron chi connectivity index (χ4n) is 1.65. The summed E-state index contributed by atoms with van der Waals surface area (Å²) < 4.78 is 9.74. The molecule has 0 aliphatic carbocycles. The highest BCUT2D eigenvalue weighted by molar-refractivity contribution is 5.83. The van der Waals surface area contributed by atoms with Crippen LogP contribution in [0.25, 0.3) is 0 Å². The monoisotopic (exact) mass is 380 g/mol. The molecule has 0 aromatic rings. The van der Waals surface area contributed by atoms with Crippen molar-refractivity contribution in [3.63, 3.8) is 0 Å². The van der Waals surface area contributed by atoms with Gasteiger partial charge in [-0.1, -0.05) is 0 Å². The summed E-state index contributed by atoms with van der Waals surface area (Å²) in [6, 6.07) is 0. The number of carbonyl (C=O) groups is 3. The average molecular weight is 380 g/mol. The highest BCUT2D eigenvalue weighted by Crippen LogP contribution is 2.18. The molecule has 0 aliphatic heterocycles. The summed E-state index contributed by atoms with van der Waals surface area (Å²) in [4.78, 5) is 35.6. The number of rotatable bonds is 12. The van der Waals surface area contributed by atoms with Crippen LogP contribution in [0.3, 0.4) is 0 Å². The lowest BCUT2D eigenvalue weighted by atomic mass is 10.1. The normalized spacial score (nSPS) is 15.5. The SMILES string of the molecule is CC(=O)NCCCC(O)(OCC(O)C(O)CO)C(=O)OCC(=O)N(C)C. The molecule has 0 aliphatic rings. The standard InChI is InChI=1S/C15H28N2O9/c1-10(19)16-6-4-5-15(24,26-8-12(21)11(20)7-18)14(23)25-9-13(22)17(2)3/h11-12,18,20-21,24H,4-9H2,1-3H3,(H,16,19). The van der Waals surface area contributed by atoms with E-state index in [9.17, 15) is 29.7 Å². The Morgan fingerprint density at radius 2 is 1.81 bits per heavy atom. The van der Waals surface area contributed by atoms with Crippen molar-refractivity contribution < 1.29 is 44.3 Å². The highest BCUT2D eigenvalue weighted by Gasteiger charge is 2.40. The zero-order valence-corrected chi connectivity index (χ0v) is 15.2. The smallest absolute Gasteiger partial charge is 0.367 e. The maximum atomic E-state index is 12.1. The summed E-state index contributed by atoms with van der Waals surface area (Å²) in [5.74, 6) is -4.56. The largest absolute Gasteiger partial charge is 0.452 e. The molecular weight excluding hydrogens is 352 g/mol. The van der Waals surface area contributed by atoms with Gasteiger partial charge in [0, 0.05) is 34.0 Å². The molecule has 0 saturated carbocycles. The van der Waals surface area contributed by atoms with Crippen LogP contribution in [-0.2, 0) is 23.9 Å². The number of amides is 2. The van der Waals surface area contributed by atoms with E-state index in [1.54, 1.807) is 0 Å². The molecule has 0 aromatic heterocycles. The first-order valence-corrected chi connectivity index (χ1v) is 7.98. The lowest BCUT2D eigenvalue weighted by Gasteiger charge is -2.28. The lowest BCUT2D eigenvalue weighted by molar-refractivity contribution is -0.241. The van der Waals surface area contributed by atoms with Gasteiger partial charge in [0.1, 0.15) is 12.2 Å². The van der Waals surface area contributed by atoms with Gasteiger partial charge in [-0.15, -0.1) is 0 Å². The van der Waals surface area contributed by atoms with Crippen molar-refractivity contribution in [2.24, 2.45) is 0 Å². The topological polar surface area (TPSA) is 166 Å². The molecule has 3 unspecified atom stereocenters. The Bertz CT molecular complexity index is 472. The summed E-state index contributed by atoms with van der Waals surface area (Å²) in [6.07, 6.45) is -3.25. The molecule has 0 heterocycles. The first-order valence-electron chi connectivity index (χ1n) is 7.98. The number of nitrogens with zero attached hydrogens (tertiary/aromatic N) is 1. The second-order valence-corrected chi connectivity index (χ2v) is 5.86. The first kappa shape index (κ1) is 24.2. The number of hydrogen-bond donors (Lipinski definition) is 5. The molecule has 3 atom stereocenters. The molecule has 11 nitrogen and oxygen atoms in total. The number of hydrogen-bond acceptors (Lipinski definition) is 9. The van der Waals surface area contributed by atoms with Crippen molar-refractivity contribution >= 4 is 17.8 Å². The molecule has 2 amide bonds. The maximum Gasteiger partial charge on any atom is 0.367 e. The van der Waals surface area contributed by atoms with E-state index in [2.05, 4.69) is 5.32 Å². The van der Waals surface area contributed by atoms with E-state index in [4.69, 9.17) is 14.6 Å². The van der Waals surface area contributed by atoms with Crippen molar-refractivity contribution in [1.82, 2.24) is 10.2 Å². The van der Waals surface area contributed by atoms with Gasteiger partial charge in [0.05, 0.1) is 13.2 Å². The molecular formula is C15H28N2O9. The molecule has 5 N–H and O–H groups in total. The van der Waals surface area contributed by atoms with Gasteiger partial charge < -0.3 is 40.1 Å². The van der Waals surface area contributed by atoms with Crippen molar-refractivity contribution in [2.45, 2.75) is 37.8 Å². The number of nitrogens with one attached hydrogen (secondary N) is 1. The minimum atomic E-state index is -2.50. The van der Waals surface area contributed by atoms with E-state index in [1.165, 1.54) is 25.9 Å². The van der Waals surface area contributed by atoms with Crippen molar-refractivity contribution in [3.05, 3.63) is 0 Å². The Kier molecular flexibility index (Phi) is 10.9. The average Bonchev–Trinajstić information content (AvgIpc) is 2.59. The van der Waals surface area contributed by atoms with E-state index in [0.29, 0.717) is 0 Å². The number of aliphatic hydroxyl groups is 4. The Labute approximate surface area is 151 Å².